The van der Waals surface area contributed by atoms with E-state index in [2.05, 4.69) is 37.0 Å². The molecule has 0 unspecified atom stereocenters. The predicted octanol–water partition coefficient (Wildman–Crippen LogP) is 1.87. The minimum atomic E-state index is -0.273. The number of hydrogen-bond acceptors (Lipinski definition) is 7. The molecule has 3 heterocycles. The first-order chi connectivity index (χ1) is 18.4. The number of aromatic nitrogens is 2. The number of nitrogens with zero attached hydrogens (tertiary/aromatic N) is 5. The molecule has 2 aliphatic rings. The van der Waals surface area contributed by atoms with Crippen molar-refractivity contribution in [3.05, 3.63) is 63.9 Å². The maximum Gasteiger partial charge on any atom is 0.272 e. The quantitative estimate of drug-likeness (QED) is 0.313. The second-order valence-electron chi connectivity index (χ2n) is 9.81. The van der Waals surface area contributed by atoms with Crippen LogP contribution in [0.5, 0.6) is 0 Å². The van der Waals surface area contributed by atoms with Gasteiger partial charge >= 0.3 is 0 Å². The third kappa shape index (κ3) is 6.36. The first-order valence-corrected chi connectivity index (χ1v) is 13.2. The molecule has 1 aromatic carbocycles. The summed E-state index contributed by atoms with van der Waals surface area (Å²) in [5.41, 5.74) is 2.12. The standard InChI is InChI=1S/C28H37N7O3/c1-20(8-9-24(29-2)28(38)30-3)34-16-18-35(19-17-34)25(36)12-15-33-13-10-21(11-14-33)26-22-6-4-5-7-23(22)27(37)32-31-26/h4-9,21H,2,10-19H2,1,3H3,(H,30,38)(H,32,37)/b20-8+,24-9-. The van der Waals surface area contributed by atoms with E-state index in [-0.39, 0.29) is 23.1 Å². The van der Waals surface area contributed by atoms with E-state index < -0.39 is 0 Å². The summed E-state index contributed by atoms with van der Waals surface area (Å²) < 4.78 is 0. The van der Waals surface area contributed by atoms with Gasteiger partial charge in [0.15, 0.2) is 0 Å². The Labute approximate surface area is 223 Å². The van der Waals surface area contributed by atoms with Crippen molar-refractivity contribution in [3.63, 3.8) is 0 Å². The summed E-state index contributed by atoms with van der Waals surface area (Å²) in [5, 5.41) is 11.2. The summed E-state index contributed by atoms with van der Waals surface area (Å²) in [7, 11) is 1.56. The molecule has 0 spiro atoms. The molecule has 0 aliphatic carbocycles. The van der Waals surface area contributed by atoms with Gasteiger partial charge in [-0.2, -0.15) is 5.10 Å². The van der Waals surface area contributed by atoms with Crippen LogP contribution in [0.2, 0.25) is 0 Å². The number of nitrogens with one attached hydrogen (secondary N) is 2. The molecule has 2 aliphatic heterocycles. The van der Waals surface area contributed by atoms with Gasteiger partial charge in [-0.1, -0.05) is 18.2 Å². The third-order valence-corrected chi connectivity index (χ3v) is 7.59. The number of carbonyl (C=O) groups is 2. The summed E-state index contributed by atoms with van der Waals surface area (Å²) in [6.07, 6.45) is 5.96. The maximum absolute atomic E-state index is 12.9. The summed E-state index contributed by atoms with van der Waals surface area (Å²) >= 11 is 0. The van der Waals surface area contributed by atoms with Crippen molar-refractivity contribution in [3.8, 4) is 0 Å². The Morgan fingerprint density at radius 2 is 1.74 bits per heavy atom. The van der Waals surface area contributed by atoms with Crippen LogP contribution in [0.15, 0.2) is 57.6 Å². The van der Waals surface area contributed by atoms with Crippen molar-refractivity contribution in [1.29, 1.82) is 0 Å². The molecule has 4 rings (SSSR count). The van der Waals surface area contributed by atoms with Gasteiger partial charge in [0.1, 0.15) is 5.70 Å². The first kappa shape index (κ1) is 27.3. The number of aromatic amines is 1. The van der Waals surface area contributed by atoms with E-state index in [0.29, 0.717) is 30.8 Å². The number of H-pyrrole nitrogens is 1. The van der Waals surface area contributed by atoms with Gasteiger partial charge in [0.2, 0.25) is 5.91 Å². The van der Waals surface area contributed by atoms with Crippen LogP contribution < -0.4 is 10.9 Å². The van der Waals surface area contributed by atoms with Crippen molar-refractivity contribution >= 4 is 29.3 Å². The topological polar surface area (TPSA) is 114 Å². The molecule has 0 radical (unpaired) electrons. The molecule has 0 atom stereocenters. The molecule has 10 nitrogen and oxygen atoms in total. The fraction of sp³-hybridized carbons (Fsp3) is 0.464. The van der Waals surface area contributed by atoms with Crippen molar-refractivity contribution in [1.82, 2.24) is 30.2 Å². The predicted molar refractivity (Wildman–Crippen MR) is 149 cm³/mol. The lowest BCUT2D eigenvalue weighted by Gasteiger charge is -2.37. The Morgan fingerprint density at radius 3 is 2.39 bits per heavy atom. The molecule has 0 bridgehead atoms. The number of hydrogen-bond donors (Lipinski definition) is 2. The molecule has 2 aromatic rings. The minimum absolute atomic E-state index is 0.149. The average Bonchev–Trinajstić information content (AvgIpc) is 2.96. The van der Waals surface area contributed by atoms with E-state index >= 15 is 0 Å². The van der Waals surface area contributed by atoms with Gasteiger partial charge in [-0.05, 0) is 57.8 Å². The largest absolute Gasteiger partial charge is 0.371 e. The molecular weight excluding hydrogens is 482 g/mol. The smallest absolute Gasteiger partial charge is 0.272 e. The lowest BCUT2D eigenvalue weighted by atomic mass is 9.90. The second-order valence-corrected chi connectivity index (χ2v) is 9.81. The number of likely N-dealkylation sites (N-methyl/N-ethyl adjacent to an activating group) is 1. The normalized spacial score (nSPS) is 18.1. The van der Waals surface area contributed by atoms with Crippen molar-refractivity contribution in [2.75, 3.05) is 52.9 Å². The summed E-state index contributed by atoms with van der Waals surface area (Å²) in [5.74, 6) is 0.224. The SMILES string of the molecule is C=N/C(=C\C=C(/C)N1CCN(C(=O)CCN2CCC(c3n[nH]c(=O)c4ccccc34)CC2)CC1)C(=O)NC. The third-order valence-electron chi connectivity index (χ3n) is 7.59. The Hall–Kier alpha value is -3.79. The van der Waals surface area contributed by atoms with Gasteiger partial charge in [0.25, 0.3) is 11.5 Å². The number of likely N-dealkylation sites (tertiary alicyclic amines) is 1. The fourth-order valence-corrected chi connectivity index (χ4v) is 5.23. The molecular formula is C28H37N7O3. The molecule has 202 valence electrons. The van der Waals surface area contributed by atoms with E-state index in [4.69, 9.17) is 0 Å². The highest BCUT2D eigenvalue weighted by molar-refractivity contribution is 5.93. The number of aliphatic imine (C=N–C) groups is 1. The van der Waals surface area contributed by atoms with Crippen molar-refractivity contribution in [2.24, 2.45) is 4.99 Å². The van der Waals surface area contributed by atoms with Crippen LogP contribution in [0.25, 0.3) is 10.8 Å². The number of benzene rings is 1. The van der Waals surface area contributed by atoms with Gasteiger partial charge < -0.3 is 20.0 Å². The number of carbonyl (C=O) groups excluding carboxylic acids is 2. The van der Waals surface area contributed by atoms with Crippen LogP contribution in [0.1, 0.15) is 37.8 Å². The minimum Gasteiger partial charge on any atom is -0.371 e. The lowest BCUT2D eigenvalue weighted by Crippen LogP contribution is -2.48. The van der Waals surface area contributed by atoms with E-state index in [0.717, 1.165) is 62.3 Å². The Bertz CT molecular complexity index is 1280. The zero-order valence-corrected chi connectivity index (χ0v) is 22.3. The van der Waals surface area contributed by atoms with Crippen molar-refractivity contribution in [2.45, 2.75) is 32.1 Å². The van der Waals surface area contributed by atoms with Crippen LogP contribution in [-0.2, 0) is 9.59 Å². The molecule has 38 heavy (non-hydrogen) atoms. The molecule has 1 aromatic heterocycles. The highest BCUT2D eigenvalue weighted by Crippen LogP contribution is 2.30. The zero-order chi connectivity index (χ0) is 27.1. The van der Waals surface area contributed by atoms with Crippen LogP contribution in [0, 0.1) is 0 Å². The highest BCUT2D eigenvalue weighted by atomic mass is 16.2. The van der Waals surface area contributed by atoms with Gasteiger partial charge in [-0.25, -0.2) is 5.10 Å². The molecule has 2 saturated heterocycles. The van der Waals surface area contributed by atoms with Crippen LogP contribution in [0.3, 0.4) is 0 Å². The zero-order valence-electron chi connectivity index (χ0n) is 22.3. The average molecular weight is 520 g/mol. The van der Waals surface area contributed by atoms with E-state index in [1.54, 1.807) is 13.1 Å². The lowest BCUT2D eigenvalue weighted by molar-refractivity contribution is -0.133. The molecule has 2 fully saturated rings. The monoisotopic (exact) mass is 519 g/mol. The number of fused-ring (bicyclic) bond motifs is 1. The highest BCUT2D eigenvalue weighted by Gasteiger charge is 2.26. The van der Waals surface area contributed by atoms with Crippen LogP contribution in [0.4, 0.5) is 0 Å². The summed E-state index contributed by atoms with van der Waals surface area (Å²) in [6, 6.07) is 7.65. The van der Waals surface area contributed by atoms with Crippen molar-refractivity contribution < 1.29 is 9.59 Å². The summed E-state index contributed by atoms with van der Waals surface area (Å²) in [6.45, 7) is 10.9. The summed E-state index contributed by atoms with van der Waals surface area (Å²) in [4.78, 5) is 47.0. The second kappa shape index (κ2) is 12.6. The molecule has 2 amide bonds. The fourth-order valence-electron chi connectivity index (χ4n) is 5.23. The van der Waals surface area contributed by atoms with E-state index in [1.165, 1.54) is 0 Å². The number of allylic oxidation sites excluding steroid dienone is 3. The number of piperidine rings is 1. The number of piperazine rings is 1. The molecule has 10 heteroatoms. The van der Waals surface area contributed by atoms with Gasteiger partial charge in [-0.15, -0.1) is 0 Å². The van der Waals surface area contributed by atoms with Gasteiger partial charge in [0.05, 0.1) is 11.1 Å². The number of amides is 2. The van der Waals surface area contributed by atoms with Gasteiger partial charge in [-0.3, -0.25) is 19.4 Å². The van der Waals surface area contributed by atoms with Gasteiger partial charge in [0, 0.05) is 63.2 Å². The maximum atomic E-state index is 12.9. The van der Waals surface area contributed by atoms with Crippen LogP contribution >= 0.6 is 0 Å². The molecule has 2 N–H and O–H groups in total. The Morgan fingerprint density at radius 1 is 1.08 bits per heavy atom. The molecule has 0 saturated carbocycles. The van der Waals surface area contributed by atoms with Crippen LogP contribution in [-0.4, -0.2) is 96.3 Å². The van der Waals surface area contributed by atoms with E-state index in [1.807, 2.05) is 42.2 Å². The van der Waals surface area contributed by atoms with E-state index in [9.17, 15) is 14.4 Å². The number of rotatable bonds is 8. The first-order valence-electron chi connectivity index (χ1n) is 13.2. The Kier molecular flexibility index (Phi) is 9.06. The Balaban J connectivity index is 1.22.